The van der Waals surface area contributed by atoms with E-state index in [1.54, 1.807) is 32.2 Å². The fraction of sp³-hybridized carbons (Fsp3) is 0.263. The van der Waals surface area contributed by atoms with Gasteiger partial charge in [-0.3, -0.25) is 15.1 Å². The Bertz CT molecular complexity index is 1010. The van der Waals surface area contributed by atoms with E-state index in [9.17, 15) is 14.9 Å². The Kier molecular flexibility index (Phi) is 4.81. The van der Waals surface area contributed by atoms with Crippen LogP contribution in [0.2, 0.25) is 0 Å². The number of hydrogen-bond acceptors (Lipinski definition) is 5. The molecule has 3 rings (SSSR count). The minimum Gasteiger partial charge on any atom is -0.443 e. The second-order valence-electron chi connectivity index (χ2n) is 6.92. The van der Waals surface area contributed by atoms with Gasteiger partial charge >= 0.3 is 6.09 Å². The molecule has 2 N–H and O–H groups in total. The van der Waals surface area contributed by atoms with E-state index in [0.717, 1.165) is 16.8 Å². The number of nitro groups is 1. The third-order valence-electron chi connectivity index (χ3n) is 4.20. The van der Waals surface area contributed by atoms with Crippen LogP contribution in [0.25, 0.3) is 10.9 Å². The minimum absolute atomic E-state index is 0.0898. The van der Waals surface area contributed by atoms with Gasteiger partial charge in [-0.15, -0.1) is 0 Å². The molecule has 8 heteroatoms. The average Bonchev–Trinajstić information content (AvgIpc) is 2.96. The molecule has 0 saturated carbocycles. The number of amides is 1. The summed E-state index contributed by atoms with van der Waals surface area (Å²) in [6.07, 6.45) is 3.12. The predicted molar refractivity (Wildman–Crippen MR) is 100 cm³/mol. The van der Waals surface area contributed by atoms with Gasteiger partial charge in [-0.25, -0.2) is 4.79 Å². The van der Waals surface area contributed by atoms with Gasteiger partial charge in [0.05, 0.1) is 15.8 Å². The number of rotatable bonds is 6. The Morgan fingerprint density at radius 1 is 1.33 bits per heavy atom. The number of benzene rings is 1. The van der Waals surface area contributed by atoms with Gasteiger partial charge < -0.3 is 15.0 Å². The van der Waals surface area contributed by atoms with Crippen LogP contribution < -0.4 is 5.73 Å². The average molecular weight is 368 g/mol. The number of pyridine rings is 1. The second kappa shape index (κ2) is 7.06. The Balaban J connectivity index is 1.85. The maximum atomic E-state index is 11.2. The molecule has 1 aromatic carbocycles. The van der Waals surface area contributed by atoms with Gasteiger partial charge in [0.1, 0.15) is 5.60 Å². The lowest BCUT2D eigenvalue weighted by Gasteiger charge is -2.23. The molecule has 2 aromatic heterocycles. The lowest BCUT2D eigenvalue weighted by molar-refractivity contribution is -0.383. The highest BCUT2D eigenvalue weighted by Gasteiger charge is 2.23. The SMILES string of the molecule is CC(C)(Cc1cc(Cn2ccc3c([N+](=O)[O-])cccc32)ccn1)OC(N)=O. The fourth-order valence-electron chi connectivity index (χ4n) is 3.17. The van der Waals surface area contributed by atoms with E-state index in [4.69, 9.17) is 10.5 Å². The van der Waals surface area contributed by atoms with Crippen molar-refractivity contribution < 1.29 is 14.5 Å². The largest absolute Gasteiger partial charge is 0.443 e. The standard InChI is InChI=1S/C19H20N4O4/c1-19(2,27-18(20)24)11-14-10-13(6-8-21-14)12-22-9-7-15-16(22)4-3-5-17(15)23(25)26/h3-10H,11-12H2,1-2H3,(H2,20,24). The zero-order valence-electron chi connectivity index (χ0n) is 15.1. The Morgan fingerprint density at radius 2 is 2.11 bits per heavy atom. The first-order valence-electron chi connectivity index (χ1n) is 8.40. The van der Waals surface area contributed by atoms with Gasteiger partial charge in [0.2, 0.25) is 0 Å². The van der Waals surface area contributed by atoms with Crippen LogP contribution in [-0.4, -0.2) is 26.2 Å². The van der Waals surface area contributed by atoms with E-state index in [0.29, 0.717) is 18.4 Å². The molecular formula is C19H20N4O4. The summed E-state index contributed by atoms with van der Waals surface area (Å²) in [5.74, 6) is 0. The molecule has 0 saturated heterocycles. The van der Waals surface area contributed by atoms with Crippen LogP contribution in [0.4, 0.5) is 10.5 Å². The van der Waals surface area contributed by atoms with Crippen molar-refractivity contribution in [2.45, 2.75) is 32.4 Å². The summed E-state index contributed by atoms with van der Waals surface area (Å²) < 4.78 is 7.06. The van der Waals surface area contributed by atoms with E-state index in [-0.39, 0.29) is 10.6 Å². The number of carbonyl (C=O) groups is 1. The highest BCUT2D eigenvalue weighted by Crippen LogP contribution is 2.27. The number of ether oxygens (including phenoxy) is 1. The van der Waals surface area contributed by atoms with Gasteiger partial charge in [-0.1, -0.05) is 6.07 Å². The Morgan fingerprint density at radius 3 is 2.81 bits per heavy atom. The van der Waals surface area contributed by atoms with Crippen molar-refractivity contribution in [3.05, 3.63) is 70.2 Å². The zero-order valence-corrected chi connectivity index (χ0v) is 15.1. The number of carbonyl (C=O) groups excluding carboxylic acids is 1. The normalized spacial score (nSPS) is 11.5. The van der Waals surface area contributed by atoms with Crippen LogP contribution in [-0.2, 0) is 17.7 Å². The number of nitrogens with zero attached hydrogens (tertiary/aromatic N) is 3. The van der Waals surface area contributed by atoms with E-state index < -0.39 is 11.7 Å². The van der Waals surface area contributed by atoms with Crippen LogP contribution in [0.1, 0.15) is 25.1 Å². The molecule has 0 radical (unpaired) electrons. The maximum absolute atomic E-state index is 11.2. The van der Waals surface area contributed by atoms with Crippen LogP contribution in [0.3, 0.4) is 0 Å². The molecule has 0 bridgehead atoms. The minimum atomic E-state index is -0.823. The summed E-state index contributed by atoms with van der Waals surface area (Å²) in [5.41, 5.74) is 6.97. The lowest BCUT2D eigenvalue weighted by atomic mass is 10.0. The lowest BCUT2D eigenvalue weighted by Crippen LogP contribution is -2.33. The highest BCUT2D eigenvalue weighted by atomic mass is 16.6. The highest BCUT2D eigenvalue weighted by molar-refractivity contribution is 5.89. The molecule has 0 aliphatic carbocycles. The molecule has 0 atom stereocenters. The molecule has 0 aliphatic heterocycles. The van der Waals surface area contributed by atoms with Crippen molar-refractivity contribution in [3.63, 3.8) is 0 Å². The van der Waals surface area contributed by atoms with Crippen LogP contribution >= 0.6 is 0 Å². The van der Waals surface area contributed by atoms with Gasteiger partial charge in [0.25, 0.3) is 5.69 Å². The van der Waals surface area contributed by atoms with Gasteiger partial charge in [0.15, 0.2) is 0 Å². The summed E-state index contributed by atoms with van der Waals surface area (Å²) in [6.45, 7) is 4.08. The van der Waals surface area contributed by atoms with Crippen molar-refractivity contribution in [1.82, 2.24) is 9.55 Å². The van der Waals surface area contributed by atoms with E-state index in [1.807, 2.05) is 29.0 Å². The van der Waals surface area contributed by atoms with E-state index in [1.165, 1.54) is 6.07 Å². The number of hydrogen-bond donors (Lipinski definition) is 1. The van der Waals surface area contributed by atoms with E-state index >= 15 is 0 Å². The number of nitro benzene ring substituents is 1. The van der Waals surface area contributed by atoms with Crippen molar-refractivity contribution in [2.24, 2.45) is 5.73 Å². The Labute approximate surface area is 155 Å². The summed E-state index contributed by atoms with van der Waals surface area (Å²) in [5, 5.41) is 11.8. The van der Waals surface area contributed by atoms with Gasteiger partial charge in [-0.05, 0) is 43.7 Å². The third-order valence-corrected chi connectivity index (χ3v) is 4.20. The van der Waals surface area contributed by atoms with Crippen molar-refractivity contribution in [1.29, 1.82) is 0 Å². The molecule has 0 spiro atoms. The predicted octanol–water partition coefficient (Wildman–Crippen LogP) is 3.41. The molecule has 2 heterocycles. The van der Waals surface area contributed by atoms with Gasteiger partial charge in [0, 0.05) is 37.1 Å². The smallest absolute Gasteiger partial charge is 0.405 e. The molecule has 3 aromatic rings. The Hall–Kier alpha value is -3.42. The zero-order chi connectivity index (χ0) is 19.6. The molecule has 0 unspecified atom stereocenters. The maximum Gasteiger partial charge on any atom is 0.405 e. The number of non-ortho nitro benzene ring substituents is 1. The van der Waals surface area contributed by atoms with E-state index in [2.05, 4.69) is 4.98 Å². The first-order chi connectivity index (χ1) is 12.7. The summed E-state index contributed by atoms with van der Waals surface area (Å²) in [4.78, 5) is 26.1. The van der Waals surface area contributed by atoms with Crippen molar-refractivity contribution in [2.75, 3.05) is 0 Å². The summed E-state index contributed by atoms with van der Waals surface area (Å²) >= 11 is 0. The topological polar surface area (TPSA) is 113 Å². The quantitative estimate of drug-likeness (QED) is 0.529. The molecule has 140 valence electrons. The van der Waals surface area contributed by atoms with Crippen LogP contribution in [0, 0.1) is 10.1 Å². The molecule has 0 aliphatic rings. The summed E-state index contributed by atoms with van der Waals surface area (Å²) in [6, 6.07) is 10.6. The number of primary amides is 1. The van der Waals surface area contributed by atoms with Crippen LogP contribution in [0.15, 0.2) is 48.8 Å². The fourth-order valence-corrected chi connectivity index (χ4v) is 3.17. The van der Waals surface area contributed by atoms with Crippen molar-refractivity contribution in [3.8, 4) is 0 Å². The number of nitrogens with two attached hydrogens (primary N) is 1. The molecule has 27 heavy (non-hydrogen) atoms. The second-order valence-corrected chi connectivity index (χ2v) is 6.92. The summed E-state index contributed by atoms with van der Waals surface area (Å²) in [7, 11) is 0. The third kappa shape index (κ3) is 4.22. The molecular weight excluding hydrogens is 348 g/mol. The van der Waals surface area contributed by atoms with Gasteiger partial charge in [-0.2, -0.15) is 0 Å². The number of aromatic nitrogens is 2. The van der Waals surface area contributed by atoms with Crippen LogP contribution in [0.5, 0.6) is 0 Å². The molecule has 1 amide bonds. The number of fused-ring (bicyclic) bond motifs is 1. The molecule has 0 fully saturated rings. The van der Waals surface area contributed by atoms with Crippen molar-refractivity contribution >= 4 is 22.7 Å². The monoisotopic (exact) mass is 368 g/mol. The first kappa shape index (κ1) is 18.4. The first-order valence-corrected chi connectivity index (χ1v) is 8.40. The molecule has 8 nitrogen and oxygen atoms in total.